The Labute approximate surface area is 223 Å². The number of carbonyl (C=O) groups excluding carboxylic acids is 3. The molecule has 204 valence electrons. The third-order valence-corrected chi connectivity index (χ3v) is 9.45. The van der Waals surface area contributed by atoms with Gasteiger partial charge in [0.25, 0.3) is 0 Å². The van der Waals surface area contributed by atoms with Crippen LogP contribution in [-0.4, -0.2) is 57.7 Å². The first-order chi connectivity index (χ1) is 17.3. The van der Waals surface area contributed by atoms with Crippen molar-refractivity contribution in [2.45, 2.75) is 110 Å². The Kier molecular flexibility index (Phi) is 7.98. The van der Waals surface area contributed by atoms with Crippen LogP contribution in [0.1, 0.15) is 83.8 Å². The van der Waals surface area contributed by atoms with Gasteiger partial charge in [0.05, 0.1) is 52.8 Å². The van der Waals surface area contributed by atoms with E-state index in [2.05, 4.69) is 17.2 Å². The third kappa shape index (κ3) is 5.99. The van der Waals surface area contributed by atoms with Crippen LogP contribution >= 0.6 is 11.3 Å². The third-order valence-electron chi connectivity index (χ3n) is 8.65. The van der Waals surface area contributed by atoms with Gasteiger partial charge in [-0.25, -0.2) is 4.98 Å². The summed E-state index contributed by atoms with van der Waals surface area (Å²) in [5.41, 5.74) is 0.376. The fourth-order valence-electron chi connectivity index (χ4n) is 5.95. The van der Waals surface area contributed by atoms with Crippen molar-refractivity contribution in [1.29, 1.82) is 0 Å². The molecule has 0 aromatic carbocycles. The second kappa shape index (κ2) is 10.6. The summed E-state index contributed by atoms with van der Waals surface area (Å²) in [6.07, 6.45) is 3.15. The maximum Gasteiger partial charge on any atom is 0.307 e. The van der Waals surface area contributed by atoms with Crippen LogP contribution in [0.15, 0.2) is 11.0 Å². The van der Waals surface area contributed by atoms with Gasteiger partial charge in [-0.15, -0.1) is 11.3 Å². The fourth-order valence-corrected chi connectivity index (χ4v) is 6.52. The standard InChI is InChI=1S/C28H40N2O6S/c1-15-8-7-9-28(6)22(36-28)11-20(16(2)10-19-14-37-18(4)29-19)30-23(31)12-21-27(5,13-24(32)35-21)26(34)17(3)25(15)33/h10,14-15,17,20-22,25,33H,7-9,11-13H2,1-6H3,(H,30,31)/b16-10+/t15-,17+,20-,21+,22-,25-,27+,28+/m0/s1. The SMILES string of the molecule is C/C(=C\c1csc(C)n1)[C@@H]1C[C@@H]2O[C@]2(C)CCC[C@H](C)[C@H](O)[C@@H](C)C(=O)[C@]2(C)CC(=O)O[C@@H]2CC(=O)N1. The molecule has 2 N–H and O–H groups in total. The van der Waals surface area contributed by atoms with E-state index in [0.717, 1.165) is 35.5 Å². The minimum Gasteiger partial charge on any atom is -0.461 e. The minimum atomic E-state index is -1.16. The van der Waals surface area contributed by atoms with Crippen LogP contribution in [-0.2, 0) is 23.9 Å². The van der Waals surface area contributed by atoms with E-state index in [1.165, 1.54) is 0 Å². The van der Waals surface area contributed by atoms with Crippen molar-refractivity contribution in [3.63, 3.8) is 0 Å². The number of epoxide rings is 1. The summed E-state index contributed by atoms with van der Waals surface area (Å²) in [5.74, 6) is -1.77. The largest absolute Gasteiger partial charge is 0.461 e. The molecular formula is C28H40N2O6S. The number of amides is 1. The number of carbonyl (C=O) groups is 3. The number of ether oxygens (including phenoxy) is 2. The average molecular weight is 533 g/mol. The van der Waals surface area contributed by atoms with Crippen molar-refractivity contribution in [3.05, 3.63) is 21.7 Å². The molecule has 1 amide bonds. The average Bonchev–Trinajstić information content (AvgIpc) is 3.10. The minimum absolute atomic E-state index is 0.00142. The molecule has 0 saturated carbocycles. The molecule has 0 unspecified atom stereocenters. The number of hydrogen-bond donors (Lipinski definition) is 2. The van der Waals surface area contributed by atoms with E-state index in [0.29, 0.717) is 6.42 Å². The highest BCUT2D eigenvalue weighted by Crippen LogP contribution is 2.45. The van der Waals surface area contributed by atoms with Gasteiger partial charge in [-0.05, 0) is 58.1 Å². The highest BCUT2D eigenvalue weighted by molar-refractivity contribution is 7.09. The fraction of sp³-hybridized carbons (Fsp3) is 0.714. The highest BCUT2D eigenvalue weighted by atomic mass is 32.1. The number of nitrogens with one attached hydrogen (secondary N) is 1. The van der Waals surface area contributed by atoms with Gasteiger partial charge in [-0.2, -0.15) is 0 Å². The van der Waals surface area contributed by atoms with Gasteiger partial charge in [-0.1, -0.05) is 20.3 Å². The first-order valence-electron chi connectivity index (χ1n) is 13.3. The van der Waals surface area contributed by atoms with E-state index >= 15 is 0 Å². The molecule has 1 aromatic heterocycles. The predicted octanol–water partition coefficient (Wildman–Crippen LogP) is 3.99. The summed E-state index contributed by atoms with van der Waals surface area (Å²) in [6, 6.07) is -0.284. The molecule has 3 fully saturated rings. The lowest BCUT2D eigenvalue weighted by Gasteiger charge is -2.33. The molecule has 1 aromatic rings. The van der Waals surface area contributed by atoms with Crippen molar-refractivity contribution in [2.75, 3.05) is 0 Å². The normalized spacial score (nSPS) is 40.0. The quantitative estimate of drug-likeness (QED) is 0.437. The van der Waals surface area contributed by atoms with E-state index in [1.807, 2.05) is 32.2 Å². The van der Waals surface area contributed by atoms with E-state index in [9.17, 15) is 19.5 Å². The molecule has 0 aliphatic carbocycles. The van der Waals surface area contributed by atoms with Gasteiger partial charge in [0, 0.05) is 17.7 Å². The van der Waals surface area contributed by atoms with Crippen LogP contribution in [0.2, 0.25) is 0 Å². The molecule has 8 nitrogen and oxygen atoms in total. The molecule has 4 rings (SSSR count). The van der Waals surface area contributed by atoms with Gasteiger partial charge in [-0.3, -0.25) is 14.4 Å². The zero-order chi connectivity index (χ0) is 27.1. The number of nitrogens with zero attached hydrogens (tertiary/aromatic N) is 1. The van der Waals surface area contributed by atoms with Crippen LogP contribution in [0.3, 0.4) is 0 Å². The van der Waals surface area contributed by atoms with Crippen LogP contribution in [0, 0.1) is 24.2 Å². The van der Waals surface area contributed by atoms with Gasteiger partial charge >= 0.3 is 5.97 Å². The Hall–Kier alpha value is -2.10. The van der Waals surface area contributed by atoms with Crippen molar-refractivity contribution in [3.8, 4) is 0 Å². The summed E-state index contributed by atoms with van der Waals surface area (Å²) < 4.78 is 11.6. The van der Waals surface area contributed by atoms with Crippen molar-refractivity contribution >= 4 is 35.1 Å². The van der Waals surface area contributed by atoms with E-state index in [4.69, 9.17) is 9.47 Å². The van der Waals surface area contributed by atoms with Crippen LogP contribution in [0.5, 0.6) is 0 Å². The zero-order valence-electron chi connectivity index (χ0n) is 22.7. The topological polar surface area (TPSA) is 118 Å². The lowest BCUT2D eigenvalue weighted by Crippen LogP contribution is -2.47. The molecule has 4 heterocycles. The summed E-state index contributed by atoms with van der Waals surface area (Å²) >= 11 is 1.57. The first-order valence-corrected chi connectivity index (χ1v) is 14.2. The summed E-state index contributed by atoms with van der Waals surface area (Å²) in [6.45, 7) is 11.4. The lowest BCUT2D eigenvalue weighted by atomic mass is 9.71. The number of rotatable bonds is 2. The van der Waals surface area contributed by atoms with Gasteiger partial charge < -0.3 is 19.9 Å². The lowest BCUT2D eigenvalue weighted by molar-refractivity contribution is -0.145. The van der Waals surface area contributed by atoms with Crippen LogP contribution in [0.4, 0.5) is 0 Å². The second-order valence-electron chi connectivity index (χ2n) is 11.7. The van der Waals surface area contributed by atoms with Gasteiger partial charge in [0.2, 0.25) is 5.91 Å². The zero-order valence-corrected chi connectivity index (χ0v) is 23.5. The monoisotopic (exact) mass is 532 g/mol. The second-order valence-corrected chi connectivity index (χ2v) is 12.8. The Morgan fingerprint density at radius 1 is 1.24 bits per heavy atom. The number of aliphatic hydroxyl groups excluding tert-OH is 1. The number of aliphatic hydroxyl groups is 1. The molecule has 37 heavy (non-hydrogen) atoms. The van der Waals surface area contributed by atoms with E-state index in [-0.39, 0.29) is 48.2 Å². The number of hydrogen-bond acceptors (Lipinski definition) is 8. The molecule has 3 saturated heterocycles. The molecule has 3 aliphatic rings. The maximum absolute atomic E-state index is 13.6. The van der Waals surface area contributed by atoms with Crippen molar-refractivity contribution in [2.24, 2.45) is 17.3 Å². The Balaban J connectivity index is 1.61. The van der Waals surface area contributed by atoms with Crippen molar-refractivity contribution in [1.82, 2.24) is 10.3 Å². The van der Waals surface area contributed by atoms with E-state index in [1.54, 1.807) is 25.2 Å². The number of aryl methyl sites for hydroxylation is 1. The van der Waals surface area contributed by atoms with Crippen molar-refractivity contribution < 1.29 is 29.0 Å². The first kappa shape index (κ1) is 27.9. The number of fused-ring (bicyclic) bond motifs is 2. The molecule has 9 heteroatoms. The number of ketones is 1. The molecule has 0 bridgehead atoms. The molecule has 3 aliphatic heterocycles. The van der Waals surface area contributed by atoms with Crippen LogP contribution < -0.4 is 5.32 Å². The summed E-state index contributed by atoms with van der Waals surface area (Å²) in [7, 11) is 0. The summed E-state index contributed by atoms with van der Waals surface area (Å²) in [4.78, 5) is 43.7. The molecular weight excluding hydrogens is 492 g/mol. The number of Topliss-reactive ketones (excluding diaryl/α,β-unsaturated/α-hetero) is 1. The summed E-state index contributed by atoms with van der Waals surface area (Å²) in [5, 5.41) is 17.1. The highest BCUT2D eigenvalue weighted by Gasteiger charge is 2.55. The Bertz CT molecular complexity index is 1080. The Morgan fingerprint density at radius 3 is 2.65 bits per heavy atom. The van der Waals surface area contributed by atoms with E-state index < -0.39 is 29.5 Å². The van der Waals surface area contributed by atoms with Crippen LogP contribution in [0.25, 0.3) is 6.08 Å². The Morgan fingerprint density at radius 2 is 1.97 bits per heavy atom. The van der Waals surface area contributed by atoms with Gasteiger partial charge in [0.15, 0.2) is 0 Å². The van der Waals surface area contributed by atoms with Gasteiger partial charge in [0.1, 0.15) is 11.9 Å². The number of thiazole rings is 1. The maximum atomic E-state index is 13.6. The smallest absolute Gasteiger partial charge is 0.307 e. The molecule has 8 atom stereocenters. The molecule has 0 spiro atoms. The number of aromatic nitrogens is 1. The molecule has 0 radical (unpaired) electrons. The number of esters is 1. The predicted molar refractivity (Wildman–Crippen MR) is 141 cm³/mol.